The number of carbonyl (C=O) groups excluding carboxylic acids is 2. The van der Waals surface area contributed by atoms with Gasteiger partial charge in [-0.3, -0.25) is 9.59 Å². The average Bonchev–Trinajstić information content (AvgIpc) is 2.96. The lowest BCUT2D eigenvalue weighted by molar-refractivity contribution is -0.115. The second-order valence-electron chi connectivity index (χ2n) is 7.14. The molecule has 138 valence electrons. The minimum atomic E-state index is -0.203. The number of fused-ring (bicyclic) bond motifs is 1. The summed E-state index contributed by atoms with van der Waals surface area (Å²) < 4.78 is 10.5. The van der Waals surface area contributed by atoms with Gasteiger partial charge in [-0.2, -0.15) is 0 Å². The van der Waals surface area contributed by atoms with Gasteiger partial charge >= 0.3 is 0 Å². The number of nitrogens with one attached hydrogen (secondary N) is 1. The van der Waals surface area contributed by atoms with Gasteiger partial charge in [-0.25, -0.2) is 4.98 Å². The standard InChI is InChI=1S/C19H22N2O4S/c1-19(2)9-13-17(14(22)10-19)26-18(20-13)21-16(23)7-11-5-6-12(24-3)8-15(11)25-4/h5-6,8H,7,9-10H2,1-4H3,(H,20,21,23). The first kappa shape index (κ1) is 18.4. The van der Waals surface area contributed by atoms with E-state index in [0.29, 0.717) is 27.9 Å². The highest BCUT2D eigenvalue weighted by Crippen LogP contribution is 2.38. The monoisotopic (exact) mass is 374 g/mol. The molecule has 0 unspecified atom stereocenters. The fraction of sp³-hybridized carbons (Fsp3) is 0.421. The third-order valence-corrected chi connectivity index (χ3v) is 5.38. The molecule has 0 atom stereocenters. The topological polar surface area (TPSA) is 77.5 Å². The Balaban J connectivity index is 1.73. The average molecular weight is 374 g/mol. The summed E-state index contributed by atoms with van der Waals surface area (Å²) in [7, 11) is 3.13. The van der Waals surface area contributed by atoms with Crippen LogP contribution in [0.15, 0.2) is 18.2 Å². The van der Waals surface area contributed by atoms with Crippen LogP contribution in [-0.4, -0.2) is 30.9 Å². The molecule has 1 aliphatic carbocycles. The number of benzene rings is 1. The maximum atomic E-state index is 12.4. The Kier molecular flexibility index (Phi) is 5.00. The maximum absolute atomic E-state index is 12.4. The van der Waals surface area contributed by atoms with Crippen LogP contribution in [0.25, 0.3) is 0 Å². The highest BCUT2D eigenvalue weighted by atomic mass is 32.1. The van der Waals surface area contributed by atoms with Crippen LogP contribution in [0.2, 0.25) is 0 Å². The smallest absolute Gasteiger partial charge is 0.230 e. The van der Waals surface area contributed by atoms with E-state index in [9.17, 15) is 9.59 Å². The van der Waals surface area contributed by atoms with E-state index in [2.05, 4.69) is 24.1 Å². The van der Waals surface area contributed by atoms with Crippen LogP contribution < -0.4 is 14.8 Å². The van der Waals surface area contributed by atoms with Crippen LogP contribution in [0.5, 0.6) is 11.5 Å². The number of amides is 1. The third kappa shape index (κ3) is 3.88. The van der Waals surface area contributed by atoms with E-state index in [1.807, 2.05) is 0 Å². The minimum absolute atomic E-state index is 0.0874. The summed E-state index contributed by atoms with van der Waals surface area (Å²) in [6.45, 7) is 4.11. The number of thiazole rings is 1. The predicted molar refractivity (Wildman–Crippen MR) is 100 cm³/mol. The summed E-state index contributed by atoms with van der Waals surface area (Å²) in [4.78, 5) is 29.8. The van der Waals surface area contributed by atoms with Crippen LogP contribution in [0.4, 0.5) is 5.13 Å². The molecular weight excluding hydrogens is 352 g/mol. The Morgan fingerprint density at radius 1 is 1.27 bits per heavy atom. The van der Waals surface area contributed by atoms with Gasteiger partial charge in [0.15, 0.2) is 10.9 Å². The van der Waals surface area contributed by atoms with Crippen LogP contribution in [0.1, 0.15) is 41.2 Å². The van der Waals surface area contributed by atoms with Crippen molar-refractivity contribution in [3.8, 4) is 11.5 Å². The summed E-state index contributed by atoms with van der Waals surface area (Å²) in [6.07, 6.45) is 1.40. The number of ketones is 1. The van der Waals surface area contributed by atoms with Crippen molar-refractivity contribution >= 4 is 28.2 Å². The second-order valence-corrected chi connectivity index (χ2v) is 8.14. The molecule has 1 N–H and O–H groups in total. The molecule has 2 aromatic rings. The van der Waals surface area contributed by atoms with E-state index in [1.54, 1.807) is 32.4 Å². The first-order valence-electron chi connectivity index (χ1n) is 8.35. The molecular formula is C19H22N2O4S. The van der Waals surface area contributed by atoms with E-state index in [0.717, 1.165) is 17.7 Å². The quantitative estimate of drug-likeness (QED) is 0.867. The van der Waals surface area contributed by atoms with E-state index in [-0.39, 0.29) is 23.5 Å². The summed E-state index contributed by atoms with van der Waals surface area (Å²) >= 11 is 1.26. The van der Waals surface area contributed by atoms with Gasteiger partial charge in [0.2, 0.25) is 5.91 Å². The number of hydrogen-bond donors (Lipinski definition) is 1. The molecule has 1 heterocycles. The van der Waals surface area contributed by atoms with Crippen molar-refractivity contribution in [1.82, 2.24) is 4.98 Å². The maximum Gasteiger partial charge on any atom is 0.230 e. The van der Waals surface area contributed by atoms with Crippen LogP contribution in [-0.2, 0) is 17.6 Å². The predicted octanol–water partition coefficient (Wildman–Crippen LogP) is 3.50. The van der Waals surface area contributed by atoms with Crippen molar-refractivity contribution in [3.05, 3.63) is 34.3 Å². The van der Waals surface area contributed by atoms with Crippen molar-refractivity contribution in [2.75, 3.05) is 19.5 Å². The van der Waals surface area contributed by atoms with E-state index >= 15 is 0 Å². The Morgan fingerprint density at radius 3 is 2.73 bits per heavy atom. The molecule has 0 fully saturated rings. The number of hydrogen-bond acceptors (Lipinski definition) is 6. The molecule has 0 radical (unpaired) electrons. The van der Waals surface area contributed by atoms with Gasteiger partial charge in [0.1, 0.15) is 11.5 Å². The lowest BCUT2D eigenvalue weighted by Gasteiger charge is -2.26. The summed E-state index contributed by atoms with van der Waals surface area (Å²) in [5.41, 5.74) is 1.45. The zero-order valence-corrected chi connectivity index (χ0v) is 16.2. The van der Waals surface area contributed by atoms with Gasteiger partial charge in [0.25, 0.3) is 0 Å². The Bertz CT molecular complexity index is 857. The second kappa shape index (κ2) is 7.07. The van der Waals surface area contributed by atoms with E-state index in [4.69, 9.17) is 9.47 Å². The largest absolute Gasteiger partial charge is 0.497 e. The third-order valence-electron chi connectivity index (χ3n) is 4.33. The number of aromatic nitrogens is 1. The molecule has 26 heavy (non-hydrogen) atoms. The Morgan fingerprint density at radius 2 is 2.04 bits per heavy atom. The molecule has 0 saturated heterocycles. The first-order chi connectivity index (χ1) is 12.3. The number of ether oxygens (including phenoxy) is 2. The molecule has 1 aliphatic rings. The van der Waals surface area contributed by atoms with Crippen LogP contribution >= 0.6 is 11.3 Å². The molecule has 0 saturated carbocycles. The van der Waals surface area contributed by atoms with Crippen LogP contribution in [0, 0.1) is 5.41 Å². The zero-order valence-electron chi connectivity index (χ0n) is 15.3. The number of Topliss-reactive ketones (excluding diaryl/α,β-unsaturated/α-hetero) is 1. The van der Waals surface area contributed by atoms with Crippen molar-refractivity contribution in [2.24, 2.45) is 5.41 Å². The molecule has 1 amide bonds. The number of anilines is 1. The fourth-order valence-electron chi connectivity index (χ4n) is 3.11. The molecule has 6 nitrogen and oxygen atoms in total. The molecule has 0 aliphatic heterocycles. The molecule has 3 rings (SSSR count). The summed E-state index contributed by atoms with van der Waals surface area (Å²) in [6, 6.07) is 5.33. The number of methoxy groups -OCH3 is 2. The lowest BCUT2D eigenvalue weighted by Crippen LogP contribution is -2.26. The molecule has 7 heteroatoms. The first-order valence-corrected chi connectivity index (χ1v) is 9.16. The number of rotatable bonds is 5. The molecule has 0 bridgehead atoms. The van der Waals surface area contributed by atoms with E-state index in [1.165, 1.54) is 11.3 Å². The van der Waals surface area contributed by atoms with Gasteiger partial charge in [0, 0.05) is 18.1 Å². The molecule has 1 aromatic heterocycles. The van der Waals surface area contributed by atoms with Gasteiger partial charge in [-0.05, 0) is 17.9 Å². The lowest BCUT2D eigenvalue weighted by atomic mass is 9.78. The van der Waals surface area contributed by atoms with Gasteiger partial charge in [0.05, 0.1) is 31.2 Å². The van der Waals surface area contributed by atoms with Gasteiger partial charge < -0.3 is 14.8 Å². The minimum Gasteiger partial charge on any atom is -0.497 e. The van der Waals surface area contributed by atoms with Crippen molar-refractivity contribution < 1.29 is 19.1 Å². The number of carbonyl (C=O) groups is 2. The highest BCUT2D eigenvalue weighted by Gasteiger charge is 2.34. The van der Waals surface area contributed by atoms with Crippen molar-refractivity contribution in [2.45, 2.75) is 33.1 Å². The van der Waals surface area contributed by atoms with Crippen LogP contribution in [0.3, 0.4) is 0 Å². The summed E-state index contributed by atoms with van der Waals surface area (Å²) in [5.74, 6) is 1.16. The van der Waals surface area contributed by atoms with Gasteiger partial charge in [-0.15, -0.1) is 0 Å². The van der Waals surface area contributed by atoms with E-state index < -0.39 is 0 Å². The highest BCUT2D eigenvalue weighted by molar-refractivity contribution is 7.17. The normalized spacial score (nSPS) is 15.3. The zero-order chi connectivity index (χ0) is 18.9. The van der Waals surface area contributed by atoms with Crippen molar-refractivity contribution in [1.29, 1.82) is 0 Å². The fourth-order valence-corrected chi connectivity index (χ4v) is 4.04. The Labute approximate surface area is 156 Å². The molecule has 1 aromatic carbocycles. The number of nitrogens with zero attached hydrogens (tertiary/aromatic N) is 1. The van der Waals surface area contributed by atoms with Crippen molar-refractivity contribution in [3.63, 3.8) is 0 Å². The SMILES string of the molecule is COc1ccc(CC(=O)Nc2nc3c(s2)C(=O)CC(C)(C)C3)c(OC)c1. The molecule has 0 spiro atoms. The van der Waals surface area contributed by atoms with Gasteiger partial charge in [-0.1, -0.05) is 31.3 Å². The summed E-state index contributed by atoms with van der Waals surface area (Å²) in [5, 5.41) is 3.28. The Hall–Kier alpha value is -2.41.